The molecular formula is C22H25ClN4O3. The quantitative estimate of drug-likeness (QED) is 0.539. The molecule has 1 amide bonds. The predicted molar refractivity (Wildman–Crippen MR) is 119 cm³/mol. The zero-order valence-electron chi connectivity index (χ0n) is 16.8. The second-order valence-corrected chi connectivity index (χ2v) is 8.20. The van der Waals surface area contributed by atoms with Crippen LogP contribution in [0.3, 0.4) is 0 Å². The van der Waals surface area contributed by atoms with Gasteiger partial charge in [-0.05, 0) is 49.6 Å². The minimum atomic E-state index is -0.296. The lowest BCUT2D eigenvalue weighted by Crippen LogP contribution is -2.48. The van der Waals surface area contributed by atoms with Crippen LogP contribution in [-0.4, -0.2) is 55.0 Å². The first-order valence-corrected chi connectivity index (χ1v) is 10.7. The summed E-state index contributed by atoms with van der Waals surface area (Å²) < 4.78 is 0. The number of nitro groups is 1. The van der Waals surface area contributed by atoms with Crippen LogP contribution in [-0.2, 0) is 0 Å². The Morgan fingerprint density at radius 1 is 0.900 bits per heavy atom. The molecule has 2 fully saturated rings. The average Bonchev–Trinajstić information content (AvgIpc) is 2.79. The number of rotatable bonds is 4. The maximum Gasteiger partial charge on any atom is 0.292 e. The number of piperidine rings is 1. The van der Waals surface area contributed by atoms with Crippen molar-refractivity contribution in [1.29, 1.82) is 0 Å². The molecule has 0 aliphatic carbocycles. The number of nitrogens with zero attached hydrogens (tertiary/aromatic N) is 4. The van der Waals surface area contributed by atoms with E-state index in [9.17, 15) is 14.9 Å². The van der Waals surface area contributed by atoms with Gasteiger partial charge in [-0.15, -0.1) is 0 Å². The standard InChI is InChI=1S/C22H25ClN4O3/c23-18-6-4-5-17(15-18)22(28)26-13-11-24(12-14-26)19-7-8-20(27(29)30)21(16-19)25-9-2-1-3-10-25/h4-8,15-16H,1-3,9-14H2. The van der Waals surface area contributed by atoms with E-state index in [0.717, 1.165) is 31.6 Å². The highest BCUT2D eigenvalue weighted by Gasteiger charge is 2.26. The fraction of sp³-hybridized carbons (Fsp3) is 0.409. The van der Waals surface area contributed by atoms with Gasteiger partial charge in [-0.1, -0.05) is 17.7 Å². The molecule has 7 nitrogen and oxygen atoms in total. The molecule has 2 aliphatic rings. The van der Waals surface area contributed by atoms with Crippen molar-refractivity contribution >= 4 is 34.6 Å². The van der Waals surface area contributed by atoms with Crippen molar-refractivity contribution in [3.8, 4) is 0 Å². The number of anilines is 2. The van der Waals surface area contributed by atoms with E-state index in [1.54, 1.807) is 30.3 Å². The average molecular weight is 429 g/mol. The lowest BCUT2D eigenvalue weighted by atomic mass is 10.1. The highest BCUT2D eigenvalue weighted by molar-refractivity contribution is 6.30. The van der Waals surface area contributed by atoms with Crippen molar-refractivity contribution in [2.75, 3.05) is 49.1 Å². The monoisotopic (exact) mass is 428 g/mol. The highest BCUT2D eigenvalue weighted by Crippen LogP contribution is 2.34. The lowest BCUT2D eigenvalue weighted by Gasteiger charge is -2.37. The molecule has 0 spiro atoms. The molecule has 30 heavy (non-hydrogen) atoms. The predicted octanol–water partition coefficient (Wildman–Crippen LogP) is 4.20. The van der Waals surface area contributed by atoms with Crippen molar-refractivity contribution in [1.82, 2.24) is 4.90 Å². The van der Waals surface area contributed by atoms with E-state index >= 15 is 0 Å². The summed E-state index contributed by atoms with van der Waals surface area (Å²) in [4.78, 5) is 30.1. The molecule has 0 aromatic heterocycles. The molecule has 0 radical (unpaired) electrons. The number of carbonyl (C=O) groups excluding carboxylic acids is 1. The van der Waals surface area contributed by atoms with Crippen molar-refractivity contribution in [2.24, 2.45) is 0 Å². The Morgan fingerprint density at radius 3 is 2.30 bits per heavy atom. The van der Waals surface area contributed by atoms with Gasteiger partial charge in [0.25, 0.3) is 11.6 Å². The number of piperazine rings is 1. The van der Waals surface area contributed by atoms with Crippen LogP contribution in [0.4, 0.5) is 17.1 Å². The Hall–Kier alpha value is -2.80. The van der Waals surface area contributed by atoms with Crippen molar-refractivity contribution in [2.45, 2.75) is 19.3 Å². The number of benzene rings is 2. The zero-order chi connectivity index (χ0) is 21.1. The van der Waals surface area contributed by atoms with Gasteiger partial charge in [0.15, 0.2) is 0 Å². The van der Waals surface area contributed by atoms with Gasteiger partial charge >= 0.3 is 0 Å². The molecule has 0 atom stereocenters. The Morgan fingerprint density at radius 2 is 1.63 bits per heavy atom. The normalized spacial score (nSPS) is 17.2. The van der Waals surface area contributed by atoms with E-state index in [1.165, 1.54) is 6.42 Å². The molecule has 2 aliphatic heterocycles. The van der Waals surface area contributed by atoms with Gasteiger partial charge in [0, 0.05) is 61.6 Å². The second kappa shape index (κ2) is 8.92. The van der Waals surface area contributed by atoms with Crippen LogP contribution in [0.15, 0.2) is 42.5 Å². The van der Waals surface area contributed by atoms with E-state index in [1.807, 2.05) is 17.0 Å². The number of hydrogen-bond acceptors (Lipinski definition) is 5. The van der Waals surface area contributed by atoms with Gasteiger partial charge in [0.1, 0.15) is 5.69 Å². The Labute approximate surface area is 181 Å². The van der Waals surface area contributed by atoms with E-state index in [4.69, 9.17) is 11.6 Å². The summed E-state index contributed by atoms with van der Waals surface area (Å²) in [6.07, 6.45) is 3.30. The summed E-state index contributed by atoms with van der Waals surface area (Å²) in [7, 11) is 0. The van der Waals surface area contributed by atoms with Gasteiger partial charge in [-0.2, -0.15) is 0 Å². The van der Waals surface area contributed by atoms with Crippen LogP contribution >= 0.6 is 11.6 Å². The second-order valence-electron chi connectivity index (χ2n) is 7.77. The van der Waals surface area contributed by atoms with Crippen LogP contribution in [0.25, 0.3) is 0 Å². The van der Waals surface area contributed by atoms with Crippen molar-refractivity contribution < 1.29 is 9.72 Å². The molecule has 0 N–H and O–H groups in total. The number of hydrogen-bond donors (Lipinski definition) is 0. The summed E-state index contributed by atoms with van der Waals surface area (Å²) >= 11 is 6.01. The van der Waals surface area contributed by atoms with E-state index in [0.29, 0.717) is 42.5 Å². The molecule has 4 rings (SSSR count). The van der Waals surface area contributed by atoms with Gasteiger partial charge in [-0.25, -0.2) is 0 Å². The van der Waals surface area contributed by atoms with E-state index < -0.39 is 0 Å². The van der Waals surface area contributed by atoms with Crippen LogP contribution in [0, 0.1) is 10.1 Å². The topological polar surface area (TPSA) is 69.9 Å². The van der Waals surface area contributed by atoms with Gasteiger partial charge < -0.3 is 14.7 Å². The van der Waals surface area contributed by atoms with Crippen LogP contribution in [0.5, 0.6) is 0 Å². The number of carbonyl (C=O) groups is 1. The Kier molecular flexibility index (Phi) is 6.08. The molecule has 0 bridgehead atoms. The molecule has 0 unspecified atom stereocenters. The zero-order valence-corrected chi connectivity index (χ0v) is 17.6. The van der Waals surface area contributed by atoms with E-state index in [2.05, 4.69) is 9.80 Å². The summed E-state index contributed by atoms with van der Waals surface area (Å²) in [5.41, 5.74) is 2.43. The first kappa shape index (κ1) is 20.5. The summed E-state index contributed by atoms with van der Waals surface area (Å²) in [5.74, 6) is -0.0187. The van der Waals surface area contributed by atoms with Crippen molar-refractivity contribution in [3.05, 3.63) is 63.2 Å². The molecular weight excluding hydrogens is 404 g/mol. The van der Waals surface area contributed by atoms with Crippen LogP contribution in [0.2, 0.25) is 5.02 Å². The third-order valence-electron chi connectivity index (χ3n) is 5.86. The fourth-order valence-corrected chi connectivity index (χ4v) is 4.41. The number of nitro benzene ring substituents is 1. The maximum atomic E-state index is 12.7. The number of halogens is 1. The minimum Gasteiger partial charge on any atom is -0.368 e. The molecule has 158 valence electrons. The Balaban J connectivity index is 1.48. The first-order valence-electron chi connectivity index (χ1n) is 10.4. The highest BCUT2D eigenvalue weighted by atomic mass is 35.5. The first-order chi connectivity index (χ1) is 14.5. The summed E-state index contributed by atoms with van der Waals surface area (Å²) in [5, 5.41) is 12.1. The molecule has 0 saturated carbocycles. The van der Waals surface area contributed by atoms with Crippen LogP contribution < -0.4 is 9.80 Å². The lowest BCUT2D eigenvalue weighted by molar-refractivity contribution is -0.384. The number of amides is 1. The molecule has 8 heteroatoms. The third-order valence-corrected chi connectivity index (χ3v) is 6.09. The van der Waals surface area contributed by atoms with Crippen molar-refractivity contribution in [3.63, 3.8) is 0 Å². The summed E-state index contributed by atoms with van der Waals surface area (Å²) in [6, 6.07) is 12.4. The smallest absolute Gasteiger partial charge is 0.292 e. The van der Waals surface area contributed by atoms with Gasteiger partial charge in [0.2, 0.25) is 0 Å². The van der Waals surface area contributed by atoms with Gasteiger partial charge in [0.05, 0.1) is 4.92 Å². The minimum absolute atomic E-state index is 0.0187. The van der Waals surface area contributed by atoms with Gasteiger partial charge in [-0.3, -0.25) is 14.9 Å². The molecule has 2 heterocycles. The molecule has 2 aromatic carbocycles. The van der Waals surface area contributed by atoms with E-state index in [-0.39, 0.29) is 16.5 Å². The van der Waals surface area contributed by atoms with Crippen LogP contribution in [0.1, 0.15) is 29.6 Å². The fourth-order valence-electron chi connectivity index (χ4n) is 4.22. The molecule has 2 aromatic rings. The summed E-state index contributed by atoms with van der Waals surface area (Å²) in [6.45, 7) is 4.27. The largest absolute Gasteiger partial charge is 0.368 e. The third kappa shape index (κ3) is 4.36. The Bertz CT molecular complexity index is 938. The molecule has 2 saturated heterocycles. The maximum absolute atomic E-state index is 12.7. The SMILES string of the molecule is O=C(c1cccc(Cl)c1)N1CCN(c2ccc([N+](=O)[O-])c(N3CCCCC3)c2)CC1.